The number of hydrogen-bond acceptors (Lipinski definition) is 6. The topological polar surface area (TPSA) is 130 Å². The van der Waals surface area contributed by atoms with E-state index in [1.54, 1.807) is 30.3 Å². The Hall–Kier alpha value is -4.71. The van der Waals surface area contributed by atoms with Crippen LogP contribution in [0.5, 0.6) is 11.5 Å². The molecular formula is C30H29ClF2N4O6. The lowest BCUT2D eigenvalue weighted by atomic mass is 9.97. The van der Waals surface area contributed by atoms with Crippen LogP contribution in [-0.2, 0) is 11.2 Å². The summed E-state index contributed by atoms with van der Waals surface area (Å²) in [7, 11) is 1.49. The van der Waals surface area contributed by atoms with Crippen molar-refractivity contribution in [2.45, 2.75) is 25.8 Å². The van der Waals surface area contributed by atoms with Gasteiger partial charge in [-0.05, 0) is 54.3 Å². The molecule has 0 spiro atoms. The number of carboxylic acids is 1. The fraction of sp³-hybridized carbons (Fsp3) is 0.267. The van der Waals surface area contributed by atoms with E-state index in [1.165, 1.54) is 19.2 Å². The number of hydrogen-bond donors (Lipinski definition) is 3. The lowest BCUT2D eigenvalue weighted by Gasteiger charge is -2.26. The quantitative estimate of drug-likeness (QED) is 0.284. The Morgan fingerprint density at radius 3 is 2.47 bits per heavy atom. The van der Waals surface area contributed by atoms with E-state index in [0.29, 0.717) is 34.4 Å². The fourth-order valence-corrected chi connectivity index (χ4v) is 4.79. The number of urea groups is 1. The summed E-state index contributed by atoms with van der Waals surface area (Å²) in [5.74, 6) is -3.74. The van der Waals surface area contributed by atoms with E-state index >= 15 is 0 Å². The molecule has 0 aromatic heterocycles. The van der Waals surface area contributed by atoms with E-state index in [9.17, 15) is 28.3 Å². The fourth-order valence-electron chi connectivity index (χ4n) is 4.59. The number of amides is 3. The normalized spacial score (nSPS) is 16.7. The zero-order valence-electron chi connectivity index (χ0n) is 23.3. The maximum atomic E-state index is 13.8. The van der Waals surface area contributed by atoms with Crippen molar-refractivity contribution in [3.63, 3.8) is 0 Å². The van der Waals surface area contributed by atoms with Crippen LogP contribution in [0, 0.1) is 17.6 Å². The second kappa shape index (κ2) is 14.0. The standard InChI is InChI=1S/C30H29ClF2N4O6/c1-3-25(17-4-6-18(7-5-17)29(39)40)35-30(41)37-16-27(36-43-24-13-22(32)12-23(33)14-24)34-15-20(28(37)38)10-19-11-21(31)8-9-26(19)42-2/h4-9,11-14,20,25H,3,10,15-16H2,1-2H3,(H,34,36)(H,35,41)(H,39,40)/t20-,25-/m1/s1. The first-order valence-corrected chi connectivity index (χ1v) is 13.7. The van der Waals surface area contributed by atoms with Gasteiger partial charge in [0.15, 0.2) is 11.6 Å². The number of carbonyl (C=O) groups excluding carboxylic acids is 2. The third-order valence-electron chi connectivity index (χ3n) is 6.79. The Morgan fingerprint density at radius 1 is 1.14 bits per heavy atom. The highest BCUT2D eigenvalue weighted by atomic mass is 35.5. The molecule has 43 heavy (non-hydrogen) atoms. The predicted molar refractivity (Wildman–Crippen MR) is 154 cm³/mol. The molecule has 1 aliphatic rings. The molecule has 0 aliphatic carbocycles. The second-order valence-electron chi connectivity index (χ2n) is 9.73. The highest BCUT2D eigenvalue weighted by molar-refractivity contribution is 6.30. The van der Waals surface area contributed by atoms with Crippen molar-refractivity contribution in [1.29, 1.82) is 0 Å². The van der Waals surface area contributed by atoms with Crippen LogP contribution in [0.2, 0.25) is 5.02 Å². The summed E-state index contributed by atoms with van der Waals surface area (Å²) >= 11 is 6.19. The Morgan fingerprint density at radius 2 is 1.84 bits per heavy atom. The number of nitrogens with zero attached hydrogens (tertiary/aromatic N) is 2. The van der Waals surface area contributed by atoms with Crippen molar-refractivity contribution < 1.29 is 37.8 Å². The summed E-state index contributed by atoms with van der Waals surface area (Å²) in [4.78, 5) is 44.8. The number of carboxylic acid groups (broad SMARTS) is 1. The molecule has 3 aromatic rings. The van der Waals surface area contributed by atoms with Crippen LogP contribution in [0.1, 0.15) is 40.9 Å². The van der Waals surface area contributed by atoms with Gasteiger partial charge >= 0.3 is 12.0 Å². The molecule has 4 rings (SSSR count). The third-order valence-corrected chi connectivity index (χ3v) is 7.03. The number of oxime groups is 1. The molecule has 226 valence electrons. The molecule has 0 bridgehead atoms. The number of methoxy groups -OCH3 is 1. The van der Waals surface area contributed by atoms with Gasteiger partial charge in [-0.1, -0.05) is 35.8 Å². The Bertz CT molecular complexity index is 1520. The first-order chi connectivity index (χ1) is 20.6. The second-order valence-corrected chi connectivity index (χ2v) is 10.2. The molecule has 13 heteroatoms. The Balaban J connectivity index is 1.61. The van der Waals surface area contributed by atoms with Gasteiger partial charge in [-0.3, -0.25) is 9.69 Å². The van der Waals surface area contributed by atoms with E-state index in [-0.39, 0.29) is 36.7 Å². The molecule has 3 aromatic carbocycles. The van der Waals surface area contributed by atoms with Gasteiger partial charge in [-0.2, -0.15) is 0 Å². The van der Waals surface area contributed by atoms with Gasteiger partial charge in [-0.25, -0.2) is 18.4 Å². The van der Waals surface area contributed by atoms with E-state index in [2.05, 4.69) is 15.8 Å². The maximum absolute atomic E-state index is 13.8. The summed E-state index contributed by atoms with van der Waals surface area (Å²) in [6, 6.07) is 12.3. The van der Waals surface area contributed by atoms with Gasteiger partial charge in [0, 0.05) is 29.8 Å². The molecule has 0 saturated carbocycles. The van der Waals surface area contributed by atoms with E-state index in [1.807, 2.05) is 6.92 Å². The number of carbonyl (C=O) groups is 3. The molecule has 0 radical (unpaired) electrons. The first kappa shape index (κ1) is 31.2. The number of aromatic carboxylic acids is 1. The van der Waals surface area contributed by atoms with Gasteiger partial charge in [-0.15, -0.1) is 0 Å². The van der Waals surface area contributed by atoms with Crippen molar-refractivity contribution in [2.24, 2.45) is 11.1 Å². The average molecular weight is 615 g/mol. The summed E-state index contributed by atoms with van der Waals surface area (Å²) in [6.07, 6.45) is 0.604. The number of ether oxygens (including phenoxy) is 1. The van der Waals surface area contributed by atoms with Crippen molar-refractivity contribution in [2.75, 3.05) is 20.2 Å². The minimum Gasteiger partial charge on any atom is -0.496 e. The molecule has 3 N–H and O–H groups in total. The number of nitrogens with one attached hydrogen (secondary N) is 2. The summed E-state index contributed by atoms with van der Waals surface area (Å²) in [5, 5.41) is 19.4. The smallest absolute Gasteiger partial charge is 0.335 e. The van der Waals surface area contributed by atoms with Gasteiger partial charge < -0.3 is 25.3 Å². The van der Waals surface area contributed by atoms with Crippen LogP contribution >= 0.6 is 11.6 Å². The maximum Gasteiger partial charge on any atom is 0.335 e. The van der Waals surface area contributed by atoms with Crippen LogP contribution in [0.25, 0.3) is 0 Å². The zero-order chi connectivity index (χ0) is 31.1. The third kappa shape index (κ3) is 7.98. The molecular weight excluding hydrogens is 586 g/mol. The summed E-state index contributed by atoms with van der Waals surface area (Å²) in [6.45, 7) is 1.54. The molecule has 1 heterocycles. The number of amidine groups is 1. The van der Waals surface area contributed by atoms with Crippen LogP contribution in [-0.4, -0.2) is 53.9 Å². The first-order valence-electron chi connectivity index (χ1n) is 13.3. The number of imide groups is 1. The van der Waals surface area contributed by atoms with Gasteiger partial charge in [0.1, 0.15) is 17.4 Å². The van der Waals surface area contributed by atoms with Gasteiger partial charge in [0.2, 0.25) is 5.91 Å². The van der Waals surface area contributed by atoms with Crippen molar-refractivity contribution >= 4 is 35.3 Å². The zero-order valence-corrected chi connectivity index (χ0v) is 24.0. The summed E-state index contributed by atoms with van der Waals surface area (Å²) in [5.41, 5.74) is 1.39. The van der Waals surface area contributed by atoms with Gasteiger partial charge in [0.25, 0.3) is 0 Å². The Labute approximate surface area is 251 Å². The predicted octanol–water partition coefficient (Wildman–Crippen LogP) is 5.17. The molecule has 1 aliphatic heterocycles. The molecule has 10 nitrogen and oxygen atoms in total. The molecule has 3 amide bonds. The lowest BCUT2D eigenvalue weighted by Crippen LogP contribution is -2.48. The molecule has 2 atom stereocenters. The average Bonchev–Trinajstić information content (AvgIpc) is 3.13. The van der Waals surface area contributed by atoms with Crippen LogP contribution < -0.4 is 20.2 Å². The number of halogens is 3. The monoisotopic (exact) mass is 614 g/mol. The van der Waals surface area contributed by atoms with E-state index in [0.717, 1.165) is 17.0 Å². The van der Waals surface area contributed by atoms with Crippen molar-refractivity contribution in [3.05, 3.63) is 94.0 Å². The SMILES string of the molecule is CC[C@@H](NC(=O)N1C/C(=N/Oc2cc(F)cc(F)c2)NC[C@@H](Cc2cc(Cl)ccc2OC)C1=O)c1ccc(C(=O)O)cc1. The van der Waals surface area contributed by atoms with Gasteiger partial charge in [0.05, 0.1) is 31.2 Å². The van der Waals surface area contributed by atoms with Crippen LogP contribution in [0.15, 0.2) is 65.8 Å². The highest BCUT2D eigenvalue weighted by Gasteiger charge is 2.35. The number of rotatable bonds is 9. The highest BCUT2D eigenvalue weighted by Crippen LogP contribution is 2.27. The van der Waals surface area contributed by atoms with E-state index in [4.69, 9.17) is 21.2 Å². The molecule has 1 fully saturated rings. The number of benzene rings is 3. The van der Waals surface area contributed by atoms with Crippen LogP contribution in [0.4, 0.5) is 13.6 Å². The van der Waals surface area contributed by atoms with Crippen LogP contribution in [0.3, 0.4) is 0 Å². The van der Waals surface area contributed by atoms with E-state index < -0.39 is 41.5 Å². The molecule has 1 saturated heterocycles. The minimum absolute atomic E-state index is 0.0475. The lowest BCUT2D eigenvalue weighted by molar-refractivity contribution is -0.131. The summed E-state index contributed by atoms with van der Waals surface area (Å²) < 4.78 is 32.7. The van der Waals surface area contributed by atoms with Crippen molar-refractivity contribution in [1.82, 2.24) is 15.5 Å². The molecule has 0 unspecified atom stereocenters. The largest absolute Gasteiger partial charge is 0.496 e. The Kier molecular flexibility index (Phi) is 10.1. The van der Waals surface area contributed by atoms with Crippen molar-refractivity contribution in [3.8, 4) is 11.5 Å². The minimum atomic E-state index is -1.08.